The first-order chi connectivity index (χ1) is 23.4. The average molecular weight is 673 g/mol. The number of anilines is 2. The third-order valence-electron chi connectivity index (χ3n) is 10.5. The molecule has 2 unspecified atom stereocenters. The van der Waals surface area contributed by atoms with Crippen molar-refractivity contribution in [1.29, 1.82) is 0 Å². The molecule has 2 fully saturated rings. The minimum Gasteiger partial charge on any atom is -0.420 e. The first kappa shape index (κ1) is 36.3. The maximum absolute atomic E-state index is 13.9. The SMILES string of the molecule is COC(CC[C@@H](c1ccccc1N1CCN(Cc2cc(C(=O)N3CCN(c4ccccc4)CC3C)n(C)c2C)CC1)C(C)(C)C)OC(N)=O. The van der Waals surface area contributed by atoms with Gasteiger partial charge in [-0.3, -0.25) is 9.69 Å². The molecule has 0 spiro atoms. The molecule has 0 radical (unpaired) electrons. The number of piperazine rings is 2. The molecule has 10 nitrogen and oxygen atoms in total. The summed E-state index contributed by atoms with van der Waals surface area (Å²) >= 11 is 0. The van der Waals surface area contributed by atoms with Crippen molar-refractivity contribution >= 4 is 23.4 Å². The van der Waals surface area contributed by atoms with E-state index >= 15 is 0 Å². The number of nitrogens with zero attached hydrogens (tertiary/aromatic N) is 5. The van der Waals surface area contributed by atoms with Gasteiger partial charge in [-0.25, -0.2) is 4.79 Å². The summed E-state index contributed by atoms with van der Waals surface area (Å²) in [6.45, 7) is 18.0. The van der Waals surface area contributed by atoms with Gasteiger partial charge in [-0.2, -0.15) is 0 Å². The van der Waals surface area contributed by atoms with E-state index in [1.54, 1.807) is 0 Å². The fraction of sp³-hybridized carbons (Fsp3) is 0.538. The van der Waals surface area contributed by atoms with Crippen molar-refractivity contribution in [3.63, 3.8) is 0 Å². The van der Waals surface area contributed by atoms with Crippen LogP contribution < -0.4 is 15.5 Å². The fourth-order valence-corrected chi connectivity index (χ4v) is 7.58. The molecule has 49 heavy (non-hydrogen) atoms. The first-order valence-electron chi connectivity index (χ1n) is 17.7. The maximum Gasteiger partial charge on any atom is 0.406 e. The first-order valence-corrected chi connectivity index (χ1v) is 17.7. The molecule has 2 N–H and O–H groups in total. The van der Waals surface area contributed by atoms with Gasteiger partial charge in [-0.15, -0.1) is 0 Å². The molecule has 2 aliphatic heterocycles. The number of primary amides is 1. The third-order valence-corrected chi connectivity index (χ3v) is 10.5. The second-order valence-corrected chi connectivity index (χ2v) is 14.7. The van der Waals surface area contributed by atoms with E-state index in [2.05, 4.69) is 108 Å². The molecule has 10 heteroatoms. The van der Waals surface area contributed by atoms with Crippen LogP contribution in [0.15, 0.2) is 60.7 Å². The summed E-state index contributed by atoms with van der Waals surface area (Å²) in [6, 6.07) is 21.4. The highest BCUT2D eigenvalue weighted by Crippen LogP contribution is 2.43. The van der Waals surface area contributed by atoms with Gasteiger partial charge in [-0.05, 0) is 67.0 Å². The lowest BCUT2D eigenvalue weighted by atomic mass is 9.73. The molecule has 266 valence electrons. The monoisotopic (exact) mass is 672 g/mol. The molecule has 3 heterocycles. The number of carbonyl (C=O) groups excluding carboxylic acids is 2. The molecule has 5 rings (SSSR count). The Labute approximate surface area is 292 Å². The van der Waals surface area contributed by atoms with E-state index in [-0.39, 0.29) is 23.3 Å². The van der Waals surface area contributed by atoms with Gasteiger partial charge in [0.2, 0.25) is 6.29 Å². The van der Waals surface area contributed by atoms with Crippen LogP contribution in [-0.4, -0.2) is 91.6 Å². The second kappa shape index (κ2) is 15.7. The largest absolute Gasteiger partial charge is 0.420 e. The quantitative estimate of drug-likeness (QED) is 0.250. The van der Waals surface area contributed by atoms with Crippen molar-refractivity contribution < 1.29 is 19.1 Å². The fourth-order valence-electron chi connectivity index (χ4n) is 7.58. The normalized spacial score (nSPS) is 18.8. The van der Waals surface area contributed by atoms with Crippen molar-refractivity contribution in [2.45, 2.75) is 72.3 Å². The Hall–Kier alpha value is -4.02. The minimum absolute atomic E-state index is 0.0177. The Balaban J connectivity index is 1.22. The zero-order valence-electron chi connectivity index (χ0n) is 30.5. The van der Waals surface area contributed by atoms with E-state index in [1.807, 2.05) is 18.0 Å². The summed E-state index contributed by atoms with van der Waals surface area (Å²) in [5, 5.41) is 0. The van der Waals surface area contributed by atoms with E-state index in [9.17, 15) is 9.59 Å². The Morgan fingerprint density at radius 3 is 2.20 bits per heavy atom. The summed E-state index contributed by atoms with van der Waals surface area (Å²) < 4.78 is 12.6. The highest BCUT2D eigenvalue weighted by molar-refractivity contribution is 5.93. The van der Waals surface area contributed by atoms with Crippen LogP contribution in [0.3, 0.4) is 0 Å². The van der Waals surface area contributed by atoms with Gasteiger partial charge in [-0.1, -0.05) is 57.2 Å². The Morgan fingerprint density at radius 2 is 1.57 bits per heavy atom. The van der Waals surface area contributed by atoms with Gasteiger partial charge in [0, 0.05) is 96.0 Å². The van der Waals surface area contributed by atoms with E-state index in [4.69, 9.17) is 15.2 Å². The number of hydrogen-bond acceptors (Lipinski definition) is 7. The van der Waals surface area contributed by atoms with E-state index in [1.165, 1.54) is 29.6 Å². The molecule has 3 aromatic rings. The molecule has 2 amide bonds. The number of benzene rings is 2. The molecule has 2 aromatic carbocycles. The number of carbonyl (C=O) groups is 2. The summed E-state index contributed by atoms with van der Waals surface area (Å²) in [4.78, 5) is 34.7. The number of hydrogen-bond donors (Lipinski definition) is 1. The molecule has 0 saturated carbocycles. The predicted molar refractivity (Wildman–Crippen MR) is 196 cm³/mol. The predicted octanol–water partition coefficient (Wildman–Crippen LogP) is 5.98. The van der Waals surface area contributed by atoms with Gasteiger partial charge in [0.15, 0.2) is 0 Å². The Kier molecular flexibility index (Phi) is 11.6. The summed E-state index contributed by atoms with van der Waals surface area (Å²) in [5.41, 5.74) is 12.2. The van der Waals surface area contributed by atoms with E-state index < -0.39 is 12.4 Å². The summed E-state index contributed by atoms with van der Waals surface area (Å²) in [5.74, 6) is 0.340. The molecular formula is C39H56N6O4. The van der Waals surface area contributed by atoms with Crippen LogP contribution in [0.5, 0.6) is 0 Å². The van der Waals surface area contributed by atoms with Crippen LogP contribution in [-0.2, 0) is 23.1 Å². The minimum atomic E-state index is -0.821. The molecule has 0 bridgehead atoms. The number of nitrogens with two attached hydrogens (primary N) is 1. The highest BCUT2D eigenvalue weighted by Gasteiger charge is 2.33. The number of amides is 2. The maximum atomic E-state index is 13.9. The topological polar surface area (TPSA) is 96.5 Å². The standard InChI is InChI=1S/C39H56N6O4/c1-28-26-44(31-13-9-8-10-14-31)23-24-45(28)37(46)35-25-30(29(2)41(35)6)27-42-19-21-43(22-20-42)34-16-12-11-15-32(34)33(39(3,4)5)17-18-36(48-7)49-38(40)47/h8-16,25,28,33,36H,17-24,26-27H2,1-7H3,(H2,40,47)/t28?,33-,36?/m0/s1. The van der Waals surface area contributed by atoms with Crippen LogP contribution in [0.2, 0.25) is 0 Å². The van der Waals surface area contributed by atoms with Crippen LogP contribution >= 0.6 is 0 Å². The van der Waals surface area contributed by atoms with Gasteiger partial charge >= 0.3 is 6.09 Å². The lowest BCUT2D eigenvalue weighted by Gasteiger charge is -2.41. The van der Waals surface area contributed by atoms with Crippen LogP contribution in [0.25, 0.3) is 0 Å². The molecule has 0 aliphatic carbocycles. The van der Waals surface area contributed by atoms with Gasteiger partial charge in [0.25, 0.3) is 5.91 Å². The van der Waals surface area contributed by atoms with Crippen molar-refractivity contribution in [1.82, 2.24) is 14.4 Å². The third kappa shape index (κ3) is 8.59. The number of rotatable bonds is 11. The number of methoxy groups -OCH3 is 1. The van der Waals surface area contributed by atoms with Crippen molar-refractivity contribution in [2.75, 3.05) is 62.7 Å². The molecule has 2 saturated heterocycles. The van der Waals surface area contributed by atoms with Crippen molar-refractivity contribution in [2.24, 2.45) is 18.2 Å². The Morgan fingerprint density at radius 1 is 0.918 bits per heavy atom. The van der Waals surface area contributed by atoms with Gasteiger partial charge < -0.3 is 34.5 Å². The zero-order valence-corrected chi connectivity index (χ0v) is 30.5. The zero-order chi connectivity index (χ0) is 35.3. The summed E-state index contributed by atoms with van der Waals surface area (Å²) in [7, 11) is 3.56. The molecule has 3 atom stereocenters. The van der Waals surface area contributed by atoms with Crippen LogP contribution in [0, 0.1) is 12.3 Å². The van der Waals surface area contributed by atoms with E-state index in [0.717, 1.165) is 63.6 Å². The molecular weight excluding hydrogens is 616 g/mol. The van der Waals surface area contributed by atoms with Crippen molar-refractivity contribution in [3.05, 3.63) is 83.2 Å². The van der Waals surface area contributed by atoms with Gasteiger partial charge in [0.05, 0.1) is 0 Å². The lowest BCUT2D eigenvalue weighted by Crippen LogP contribution is -2.54. The van der Waals surface area contributed by atoms with E-state index in [0.29, 0.717) is 13.0 Å². The highest BCUT2D eigenvalue weighted by atomic mass is 16.7. The summed E-state index contributed by atoms with van der Waals surface area (Å²) in [6.07, 6.45) is -0.128. The number of para-hydroxylation sites is 2. The molecule has 2 aliphatic rings. The van der Waals surface area contributed by atoms with Crippen LogP contribution in [0.1, 0.15) is 73.8 Å². The Bertz CT molecular complexity index is 1560. The average Bonchev–Trinajstić information content (AvgIpc) is 3.36. The van der Waals surface area contributed by atoms with Crippen molar-refractivity contribution in [3.8, 4) is 0 Å². The second-order valence-electron chi connectivity index (χ2n) is 14.7. The smallest absolute Gasteiger partial charge is 0.406 e. The van der Waals surface area contributed by atoms with Gasteiger partial charge in [0.1, 0.15) is 5.69 Å². The number of aromatic nitrogens is 1. The lowest BCUT2D eigenvalue weighted by molar-refractivity contribution is -0.0853. The molecule has 1 aromatic heterocycles. The van der Waals surface area contributed by atoms with Crippen LogP contribution in [0.4, 0.5) is 16.2 Å². The number of ether oxygens (including phenoxy) is 2.